The molecule has 22 heavy (non-hydrogen) atoms. The highest BCUT2D eigenvalue weighted by Gasteiger charge is 2.29. The number of carbonyl (C=O) groups excluding carboxylic acids is 1. The van der Waals surface area contributed by atoms with Crippen LogP contribution in [0, 0.1) is 18.8 Å². The minimum Gasteiger partial charge on any atom is -0.378 e. The van der Waals surface area contributed by atoms with Gasteiger partial charge in [-0.05, 0) is 31.2 Å². The molecule has 122 valence electrons. The number of hydrogen-bond acceptors (Lipinski definition) is 3. The van der Waals surface area contributed by atoms with E-state index >= 15 is 0 Å². The molecular formula is C18H28N2O2. The molecule has 1 aliphatic rings. The van der Waals surface area contributed by atoms with Crippen LogP contribution in [-0.4, -0.2) is 25.2 Å². The van der Waals surface area contributed by atoms with Gasteiger partial charge < -0.3 is 15.8 Å². The van der Waals surface area contributed by atoms with Gasteiger partial charge in [-0.2, -0.15) is 0 Å². The maximum atomic E-state index is 12.3. The number of hydrogen-bond donors (Lipinski definition) is 2. The molecule has 3 atom stereocenters. The number of nitrogens with two attached hydrogens (primary N) is 1. The predicted molar refractivity (Wildman–Crippen MR) is 88.4 cm³/mol. The smallest absolute Gasteiger partial charge is 0.241 e. The van der Waals surface area contributed by atoms with Gasteiger partial charge in [0.2, 0.25) is 5.91 Å². The number of aryl methyl sites for hydroxylation is 1. The van der Waals surface area contributed by atoms with E-state index in [1.165, 1.54) is 0 Å². The van der Waals surface area contributed by atoms with Crippen LogP contribution in [0.1, 0.15) is 43.9 Å². The molecule has 3 unspecified atom stereocenters. The predicted octanol–water partition coefficient (Wildman–Crippen LogP) is 2.56. The summed E-state index contributed by atoms with van der Waals surface area (Å²) in [6.45, 7) is 7.83. The molecule has 4 heteroatoms. The number of rotatable bonds is 5. The molecule has 1 aliphatic heterocycles. The summed E-state index contributed by atoms with van der Waals surface area (Å²) >= 11 is 0. The summed E-state index contributed by atoms with van der Waals surface area (Å²) in [6.07, 6.45) is 2.39. The van der Waals surface area contributed by atoms with Crippen molar-refractivity contribution in [2.45, 2.75) is 45.8 Å². The Bertz CT molecular complexity index is 484. The number of ether oxygens (including phenoxy) is 1. The van der Waals surface area contributed by atoms with Gasteiger partial charge in [0.15, 0.2) is 0 Å². The minimum atomic E-state index is -0.609. The van der Waals surface area contributed by atoms with Gasteiger partial charge in [-0.15, -0.1) is 0 Å². The van der Waals surface area contributed by atoms with Crippen LogP contribution in [0.4, 0.5) is 0 Å². The molecular weight excluding hydrogens is 276 g/mol. The van der Waals surface area contributed by atoms with Crippen LogP contribution in [0.3, 0.4) is 0 Å². The van der Waals surface area contributed by atoms with Crippen LogP contribution in [0.15, 0.2) is 24.3 Å². The van der Waals surface area contributed by atoms with Gasteiger partial charge in [-0.3, -0.25) is 4.79 Å². The lowest BCUT2D eigenvalue weighted by Gasteiger charge is -2.34. The number of nitrogens with one attached hydrogen (secondary N) is 1. The van der Waals surface area contributed by atoms with E-state index in [1.807, 2.05) is 31.2 Å². The molecule has 0 bridgehead atoms. The van der Waals surface area contributed by atoms with Crippen LogP contribution in [0.2, 0.25) is 0 Å². The highest BCUT2D eigenvalue weighted by molar-refractivity contribution is 5.82. The summed E-state index contributed by atoms with van der Waals surface area (Å²) in [5.74, 6) is 0.729. The van der Waals surface area contributed by atoms with Crippen LogP contribution in [-0.2, 0) is 9.53 Å². The third-order valence-electron chi connectivity index (χ3n) is 4.41. The number of amides is 1. The average Bonchev–Trinajstić information content (AvgIpc) is 2.52. The Hall–Kier alpha value is -1.39. The normalized spacial score (nSPS) is 23.3. The summed E-state index contributed by atoms with van der Waals surface area (Å²) in [5.41, 5.74) is 8.07. The van der Waals surface area contributed by atoms with Gasteiger partial charge in [0, 0.05) is 19.1 Å². The zero-order chi connectivity index (χ0) is 16.1. The van der Waals surface area contributed by atoms with E-state index in [4.69, 9.17) is 10.5 Å². The molecule has 0 saturated carbocycles. The molecule has 1 amide bonds. The fraction of sp³-hybridized carbons (Fsp3) is 0.611. The summed E-state index contributed by atoms with van der Waals surface area (Å²) in [6, 6.07) is 7.18. The van der Waals surface area contributed by atoms with E-state index in [0.717, 1.165) is 30.6 Å². The van der Waals surface area contributed by atoms with Crippen molar-refractivity contribution >= 4 is 5.91 Å². The summed E-state index contributed by atoms with van der Waals surface area (Å²) in [7, 11) is 0. The van der Waals surface area contributed by atoms with E-state index in [0.29, 0.717) is 18.4 Å². The second-order valence-corrected chi connectivity index (χ2v) is 6.62. The van der Waals surface area contributed by atoms with Crippen molar-refractivity contribution in [3.05, 3.63) is 35.4 Å². The third kappa shape index (κ3) is 4.31. The van der Waals surface area contributed by atoms with Crippen molar-refractivity contribution in [1.29, 1.82) is 0 Å². The zero-order valence-electron chi connectivity index (χ0n) is 13.8. The molecule has 0 aromatic heterocycles. The molecule has 0 radical (unpaired) electrons. The van der Waals surface area contributed by atoms with Gasteiger partial charge in [-0.1, -0.05) is 43.7 Å². The Kier molecular flexibility index (Phi) is 5.98. The van der Waals surface area contributed by atoms with Gasteiger partial charge >= 0.3 is 0 Å². The topological polar surface area (TPSA) is 64.4 Å². The molecule has 0 aliphatic carbocycles. The van der Waals surface area contributed by atoms with Crippen molar-refractivity contribution in [3.63, 3.8) is 0 Å². The van der Waals surface area contributed by atoms with Crippen molar-refractivity contribution in [2.24, 2.45) is 17.6 Å². The molecule has 4 nitrogen and oxygen atoms in total. The molecule has 2 rings (SSSR count). The van der Waals surface area contributed by atoms with Gasteiger partial charge in [0.25, 0.3) is 0 Å². The average molecular weight is 304 g/mol. The Morgan fingerprint density at radius 1 is 1.36 bits per heavy atom. The van der Waals surface area contributed by atoms with E-state index in [9.17, 15) is 4.79 Å². The van der Waals surface area contributed by atoms with Gasteiger partial charge in [0.05, 0.1) is 6.10 Å². The SMILES string of the molecule is Cc1ccc(C(N)C(=O)NCC2CCCOC2C(C)C)cc1. The standard InChI is InChI=1S/C18H28N2O2/c1-12(2)17-15(5-4-10-22-17)11-20-18(21)16(19)14-8-6-13(3)7-9-14/h6-9,12,15-17H,4-5,10-11,19H2,1-3H3,(H,20,21). The van der Waals surface area contributed by atoms with Crippen LogP contribution < -0.4 is 11.1 Å². The van der Waals surface area contributed by atoms with Gasteiger partial charge in [-0.25, -0.2) is 0 Å². The maximum absolute atomic E-state index is 12.3. The summed E-state index contributed by atoms with van der Waals surface area (Å²) < 4.78 is 5.86. The maximum Gasteiger partial charge on any atom is 0.241 e. The molecule has 1 aromatic rings. The fourth-order valence-corrected chi connectivity index (χ4v) is 3.09. The first kappa shape index (κ1) is 17.0. The van der Waals surface area contributed by atoms with Crippen LogP contribution >= 0.6 is 0 Å². The quantitative estimate of drug-likeness (QED) is 0.878. The fourth-order valence-electron chi connectivity index (χ4n) is 3.09. The lowest BCUT2D eigenvalue weighted by Crippen LogP contribution is -2.43. The number of benzene rings is 1. The highest BCUT2D eigenvalue weighted by atomic mass is 16.5. The first-order chi connectivity index (χ1) is 10.5. The molecule has 0 spiro atoms. The molecule has 1 fully saturated rings. The monoisotopic (exact) mass is 304 g/mol. The van der Waals surface area contributed by atoms with Crippen LogP contribution in [0.5, 0.6) is 0 Å². The lowest BCUT2D eigenvalue weighted by atomic mass is 9.87. The highest BCUT2D eigenvalue weighted by Crippen LogP contribution is 2.25. The van der Waals surface area contributed by atoms with E-state index in [2.05, 4.69) is 19.2 Å². The largest absolute Gasteiger partial charge is 0.378 e. The van der Waals surface area contributed by atoms with Crippen molar-refractivity contribution in [3.8, 4) is 0 Å². The van der Waals surface area contributed by atoms with Crippen molar-refractivity contribution in [1.82, 2.24) is 5.32 Å². The second kappa shape index (κ2) is 7.75. The zero-order valence-corrected chi connectivity index (χ0v) is 13.8. The first-order valence-electron chi connectivity index (χ1n) is 8.20. The molecule has 1 saturated heterocycles. The Balaban J connectivity index is 1.89. The molecule has 3 N–H and O–H groups in total. The van der Waals surface area contributed by atoms with E-state index in [-0.39, 0.29) is 12.0 Å². The Labute approximate surface area is 133 Å². The lowest BCUT2D eigenvalue weighted by molar-refractivity contribution is -0.123. The van der Waals surface area contributed by atoms with Crippen molar-refractivity contribution in [2.75, 3.05) is 13.2 Å². The van der Waals surface area contributed by atoms with Crippen molar-refractivity contribution < 1.29 is 9.53 Å². The number of carbonyl (C=O) groups is 1. The van der Waals surface area contributed by atoms with E-state index < -0.39 is 6.04 Å². The Morgan fingerprint density at radius 2 is 2.05 bits per heavy atom. The third-order valence-corrected chi connectivity index (χ3v) is 4.41. The Morgan fingerprint density at radius 3 is 2.68 bits per heavy atom. The summed E-state index contributed by atoms with van der Waals surface area (Å²) in [5, 5.41) is 3.01. The van der Waals surface area contributed by atoms with Gasteiger partial charge in [0.1, 0.15) is 6.04 Å². The first-order valence-corrected chi connectivity index (χ1v) is 8.20. The summed E-state index contributed by atoms with van der Waals surface area (Å²) in [4.78, 5) is 12.3. The second-order valence-electron chi connectivity index (χ2n) is 6.62. The molecule has 1 aromatic carbocycles. The minimum absolute atomic E-state index is 0.114. The van der Waals surface area contributed by atoms with E-state index in [1.54, 1.807) is 0 Å². The molecule has 1 heterocycles. The van der Waals surface area contributed by atoms with Crippen LogP contribution in [0.25, 0.3) is 0 Å².